The van der Waals surface area contributed by atoms with E-state index in [4.69, 9.17) is 0 Å². The van der Waals surface area contributed by atoms with Crippen LogP contribution in [0.4, 0.5) is 23.7 Å². The Hall–Kier alpha value is -2.74. The van der Waals surface area contributed by atoms with Gasteiger partial charge in [-0.05, 0) is 24.1 Å². The third-order valence-electron chi connectivity index (χ3n) is 4.57. The van der Waals surface area contributed by atoms with Crippen molar-refractivity contribution in [3.63, 3.8) is 0 Å². The van der Waals surface area contributed by atoms with Gasteiger partial charge in [-0.1, -0.05) is 42.5 Å². The molecule has 0 saturated carbocycles. The number of carbonyl (C=O) groups is 1. The SMILES string of the molecule is O=C(Nc1ccccc1OC(F)(F)F)N1CCN(CCc2ccccc2)CC1. The van der Waals surface area contributed by atoms with Crippen LogP contribution in [0.3, 0.4) is 0 Å². The number of alkyl halides is 3. The second-order valence-corrected chi connectivity index (χ2v) is 6.54. The molecule has 1 N–H and O–H groups in total. The highest BCUT2D eigenvalue weighted by Crippen LogP contribution is 2.30. The molecule has 1 heterocycles. The molecule has 0 radical (unpaired) electrons. The molecule has 150 valence electrons. The Labute approximate surface area is 161 Å². The van der Waals surface area contributed by atoms with Crippen LogP contribution in [0.15, 0.2) is 54.6 Å². The Balaban J connectivity index is 1.49. The van der Waals surface area contributed by atoms with Crippen molar-refractivity contribution in [3.05, 3.63) is 60.2 Å². The highest BCUT2D eigenvalue weighted by Gasteiger charge is 2.32. The molecule has 1 saturated heterocycles. The summed E-state index contributed by atoms with van der Waals surface area (Å²) < 4.78 is 41.5. The van der Waals surface area contributed by atoms with Gasteiger partial charge in [-0.3, -0.25) is 4.90 Å². The first-order chi connectivity index (χ1) is 13.4. The highest BCUT2D eigenvalue weighted by atomic mass is 19.4. The number of carbonyl (C=O) groups excluding carboxylic acids is 1. The molecule has 2 aromatic rings. The van der Waals surface area contributed by atoms with E-state index in [1.807, 2.05) is 18.2 Å². The Bertz CT molecular complexity index is 776. The van der Waals surface area contributed by atoms with Gasteiger partial charge in [-0.15, -0.1) is 13.2 Å². The van der Waals surface area contributed by atoms with Crippen LogP contribution < -0.4 is 10.1 Å². The molecule has 0 aliphatic carbocycles. The zero-order valence-electron chi connectivity index (χ0n) is 15.3. The summed E-state index contributed by atoms with van der Waals surface area (Å²) in [6.45, 7) is 3.38. The second kappa shape index (κ2) is 8.97. The number of ether oxygens (including phenoxy) is 1. The quantitative estimate of drug-likeness (QED) is 0.836. The van der Waals surface area contributed by atoms with Crippen molar-refractivity contribution >= 4 is 11.7 Å². The average Bonchev–Trinajstić information content (AvgIpc) is 2.68. The average molecular weight is 393 g/mol. The Morgan fingerprint density at radius 2 is 1.61 bits per heavy atom. The van der Waals surface area contributed by atoms with Crippen molar-refractivity contribution in [2.75, 3.05) is 38.0 Å². The monoisotopic (exact) mass is 393 g/mol. The molecule has 0 unspecified atom stereocenters. The van der Waals surface area contributed by atoms with Crippen molar-refractivity contribution in [3.8, 4) is 5.75 Å². The van der Waals surface area contributed by atoms with Crippen LogP contribution in [0, 0.1) is 0 Å². The van der Waals surface area contributed by atoms with Gasteiger partial charge in [0.1, 0.15) is 0 Å². The van der Waals surface area contributed by atoms with Crippen LogP contribution in [-0.2, 0) is 6.42 Å². The predicted octanol–water partition coefficient (Wildman–Crippen LogP) is 3.98. The Morgan fingerprint density at radius 1 is 0.964 bits per heavy atom. The second-order valence-electron chi connectivity index (χ2n) is 6.54. The molecule has 28 heavy (non-hydrogen) atoms. The lowest BCUT2D eigenvalue weighted by Crippen LogP contribution is -2.50. The number of anilines is 1. The summed E-state index contributed by atoms with van der Waals surface area (Å²) in [6, 6.07) is 15.3. The van der Waals surface area contributed by atoms with E-state index in [1.54, 1.807) is 11.0 Å². The molecule has 0 spiro atoms. The fourth-order valence-electron chi connectivity index (χ4n) is 3.08. The van der Waals surface area contributed by atoms with Crippen LogP contribution in [0.1, 0.15) is 5.56 Å². The molecule has 0 bridgehead atoms. The molecule has 3 rings (SSSR count). The minimum Gasteiger partial charge on any atom is -0.404 e. The minimum atomic E-state index is -4.81. The van der Waals surface area contributed by atoms with E-state index >= 15 is 0 Å². The highest BCUT2D eigenvalue weighted by molar-refractivity contribution is 5.91. The van der Waals surface area contributed by atoms with Crippen molar-refractivity contribution in [1.29, 1.82) is 0 Å². The van der Waals surface area contributed by atoms with E-state index in [0.29, 0.717) is 13.1 Å². The van der Waals surface area contributed by atoms with Gasteiger partial charge in [0, 0.05) is 32.7 Å². The third-order valence-corrected chi connectivity index (χ3v) is 4.57. The number of nitrogens with zero attached hydrogens (tertiary/aromatic N) is 2. The molecule has 2 aromatic carbocycles. The lowest BCUT2D eigenvalue weighted by molar-refractivity contribution is -0.274. The molecule has 8 heteroatoms. The molecular formula is C20H22F3N3O2. The van der Waals surface area contributed by atoms with E-state index in [1.165, 1.54) is 23.8 Å². The first kappa shape index (κ1) is 20.0. The molecular weight excluding hydrogens is 371 g/mol. The van der Waals surface area contributed by atoms with E-state index in [9.17, 15) is 18.0 Å². The van der Waals surface area contributed by atoms with E-state index in [-0.39, 0.29) is 5.69 Å². The van der Waals surface area contributed by atoms with Gasteiger partial charge in [-0.2, -0.15) is 0 Å². The summed E-state index contributed by atoms with van der Waals surface area (Å²) >= 11 is 0. The molecule has 1 aliphatic rings. The molecule has 0 aromatic heterocycles. The lowest BCUT2D eigenvalue weighted by Gasteiger charge is -2.34. The fourth-order valence-corrected chi connectivity index (χ4v) is 3.08. The standard InChI is InChI=1S/C20H22F3N3O2/c21-20(22,23)28-18-9-5-4-8-17(18)24-19(27)26-14-12-25(13-15-26)11-10-16-6-2-1-3-7-16/h1-9H,10-15H2,(H,24,27). The zero-order chi connectivity index (χ0) is 20.0. The number of amides is 2. The fraction of sp³-hybridized carbons (Fsp3) is 0.350. The summed E-state index contributed by atoms with van der Waals surface area (Å²) in [5.74, 6) is -0.426. The smallest absolute Gasteiger partial charge is 0.404 e. The van der Waals surface area contributed by atoms with Crippen LogP contribution in [-0.4, -0.2) is 54.9 Å². The first-order valence-corrected chi connectivity index (χ1v) is 9.08. The molecule has 2 amide bonds. The zero-order valence-corrected chi connectivity index (χ0v) is 15.3. The maximum atomic E-state index is 12.5. The van der Waals surface area contributed by atoms with Crippen LogP contribution >= 0.6 is 0 Å². The summed E-state index contributed by atoms with van der Waals surface area (Å²) in [5.41, 5.74) is 1.26. The van der Waals surface area contributed by atoms with Crippen LogP contribution in [0.5, 0.6) is 5.75 Å². The van der Waals surface area contributed by atoms with Gasteiger partial charge in [0.25, 0.3) is 0 Å². The van der Waals surface area contributed by atoms with Crippen LogP contribution in [0.25, 0.3) is 0 Å². The summed E-state index contributed by atoms with van der Waals surface area (Å²) in [4.78, 5) is 16.3. The van der Waals surface area contributed by atoms with Crippen molar-refractivity contribution < 1.29 is 22.7 Å². The maximum absolute atomic E-state index is 12.5. The van der Waals surface area contributed by atoms with Gasteiger partial charge in [0.2, 0.25) is 0 Å². The number of para-hydroxylation sites is 2. The predicted molar refractivity (Wildman–Crippen MR) is 100 cm³/mol. The Morgan fingerprint density at radius 3 is 2.29 bits per heavy atom. The number of hydrogen-bond acceptors (Lipinski definition) is 3. The van der Waals surface area contributed by atoms with Gasteiger partial charge in [0.05, 0.1) is 5.69 Å². The van der Waals surface area contributed by atoms with Crippen LogP contribution in [0.2, 0.25) is 0 Å². The normalized spacial score (nSPS) is 15.3. The largest absolute Gasteiger partial charge is 0.573 e. The summed E-state index contributed by atoms with van der Waals surface area (Å²) in [5, 5.41) is 2.52. The van der Waals surface area contributed by atoms with Gasteiger partial charge < -0.3 is 15.0 Å². The number of piperazine rings is 1. The maximum Gasteiger partial charge on any atom is 0.573 e. The van der Waals surface area contributed by atoms with E-state index in [0.717, 1.165) is 26.1 Å². The van der Waals surface area contributed by atoms with Gasteiger partial charge >= 0.3 is 12.4 Å². The summed E-state index contributed by atoms with van der Waals surface area (Å²) in [6.07, 6.45) is -3.87. The number of urea groups is 1. The third kappa shape index (κ3) is 5.88. The van der Waals surface area contributed by atoms with Gasteiger partial charge in [0.15, 0.2) is 5.75 Å². The molecule has 1 aliphatic heterocycles. The number of benzene rings is 2. The lowest BCUT2D eigenvalue weighted by atomic mass is 10.1. The minimum absolute atomic E-state index is 0.00340. The van der Waals surface area contributed by atoms with Crippen molar-refractivity contribution in [1.82, 2.24) is 9.80 Å². The number of nitrogens with one attached hydrogen (secondary N) is 1. The van der Waals surface area contributed by atoms with Crippen molar-refractivity contribution in [2.24, 2.45) is 0 Å². The van der Waals surface area contributed by atoms with Gasteiger partial charge in [-0.25, -0.2) is 4.79 Å². The number of rotatable bonds is 5. The Kier molecular flexibility index (Phi) is 6.41. The van der Waals surface area contributed by atoms with E-state index in [2.05, 4.69) is 27.1 Å². The van der Waals surface area contributed by atoms with E-state index < -0.39 is 18.1 Å². The number of halogens is 3. The molecule has 1 fully saturated rings. The van der Waals surface area contributed by atoms with Crippen molar-refractivity contribution in [2.45, 2.75) is 12.8 Å². The topological polar surface area (TPSA) is 44.8 Å². The summed E-state index contributed by atoms with van der Waals surface area (Å²) in [7, 11) is 0. The molecule has 0 atom stereocenters. The molecule has 5 nitrogen and oxygen atoms in total. The number of hydrogen-bond donors (Lipinski definition) is 1. The first-order valence-electron chi connectivity index (χ1n) is 9.08.